The summed E-state index contributed by atoms with van der Waals surface area (Å²) in [5.74, 6) is -0.0477. The van der Waals surface area contributed by atoms with E-state index in [0.717, 1.165) is 0 Å². The number of carbonyl (C=O) groups excluding carboxylic acids is 1. The Morgan fingerprint density at radius 1 is 0.938 bits per heavy atom. The lowest BCUT2D eigenvalue weighted by atomic mass is 10.2. The van der Waals surface area contributed by atoms with E-state index in [2.05, 4.69) is 0 Å². The second-order valence-electron chi connectivity index (χ2n) is 5.83. The zero-order chi connectivity index (χ0) is 13.0. The van der Waals surface area contributed by atoms with Crippen LogP contribution in [0.2, 0.25) is 0 Å². The molecule has 0 saturated carbocycles. The van der Waals surface area contributed by atoms with Gasteiger partial charge in [0.1, 0.15) is 13.5 Å². The maximum Gasteiger partial charge on any atom is 0.223 e. The molecule has 0 rings (SSSR count). The molecule has 0 N–H and O–H groups in total. The van der Waals surface area contributed by atoms with E-state index < -0.39 is 0 Å². The molecule has 4 heteroatoms. The molecule has 16 heavy (non-hydrogen) atoms. The van der Waals surface area contributed by atoms with Gasteiger partial charge in [-0.1, -0.05) is 0 Å². The maximum absolute atomic E-state index is 11.3. The van der Waals surface area contributed by atoms with Gasteiger partial charge in [0.15, 0.2) is 0 Å². The van der Waals surface area contributed by atoms with Crippen LogP contribution < -0.4 is 0 Å². The third kappa shape index (κ3) is 8.68. The summed E-state index contributed by atoms with van der Waals surface area (Å²) in [6.45, 7) is 13.8. The Balaban J connectivity index is 4.15. The predicted octanol–water partition coefficient (Wildman–Crippen LogP) is 2.38. The van der Waals surface area contributed by atoms with E-state index in [1.165, 1.54) is 11.8 Å². The van der Waals surface area contributed by atoms with Gasteiger partial charge in [-0.2, -0.15) is 0 Å². The standard InChI is InChI=1S/C12H25NO3/c1-10(14)13(8-15-11(2,3)4)9-16-12(5,6)7/h8-9H2,1-7H3. The van der Waals surface area contributed by atoms with Gasteiger partial charge >= 0.3 is 0 Å². The van der Waals surface area contributed by atoms with Crippen molar-refractivity contribution in [1.29, 1.82) is 0 Å². The molecule has 0 aliphatic heterocycles. The number of amides is 1. The van der Waals surface area contributed by atoms with Gasteiger partial charge in [0.2, 0.25) is 5.91 Å². The van der Waals surface area contributed by atoms with E-state index in [-0.39, 0.29) is 30.6 Å². The summed E-state index contributed by atoms with van der Waals surface area (Å²) in [5, 5.41) is 0. The van der Waals surface area contributed by atoms with Gasteiger partial charge < -0.3 is 9.47 Å². The first-order valence-electron chi connectivity index (χ1n) is 5.55. The fraction of sp³-hybridized carbons (Fsp3) is 0.917. The summed E-state index contributed by atoms with van der Waals surface area (Å²) in [4.78, 5) is 12.9. The van der Waals surface area contributed by atoms with Gasteiger partial charge in [0.05, 0.1) is 11.2 Å². The van der Waals surface area contributed by atoms with Crippen molar-refractivity contribution in [3.8, 4) is 0 Å². The molecular formula is C12H25NO3. The maximum atomic E-state index is 11.3. The average molecular weight is 231 g/mol. The second kappa shape index (κ2) is 5.64. The number of nitrogens with zero attached hydrogens (tertiary/aromatic N) is 1. The highest BCUT2D eigenvalue weighted by atomic mass is 16.5. The first kappa shape index (κ1) is 15.4. The van der Waals surface area contributed by atoms with Crippen LogP contribution in [0.3, 0.4) is 0 Å². The van der Waals surface area contributed by atoms with E-state index >= 15 is 0 Å². The molecule has 96 valence electrons. The van der Waals surface area contributed by atoms with Crippen LogP contribution >= 0.6 is 0 Å². The summed E-state index contributed by atoms with van der Waals surface area (Å²) in [5.41, 5.74) is -0.509. The fourth-order valence-electron chi connectivity index (χ4n) is 0.762. The van der Waals surface area contributed by atoms with Crippen molar-refractivity contribution in [3.63, 3.8) is 0 Å². The van der Waals surface area contributed by atoms with Crippen LogP contribution in [0.5, 0.6) is 0 Å². The van der Waals surface area contributed by atoms with Crippen LogP contribution in [0.25, 0.3) is 0 Å². The second-order valence-corrected chi connectivity index (χ2v) is 5.83. The molecule has 0 spiro atoms. The van der Waals surface area contributed by atoms with Crippen molar-refractivity contribution in [2.24, 2.45) is 0 Å². The van der Waals surface area contributed by atoms with Gasteiger partial charge in [-0.3, -0.25) is 9.69 Å². The van der Waals surface area contributed by atoms with Crippen LogP contribution in [0, 0.1) is 0 Å². The van der Waals surface area contributed by atoms with Crippen molar-refractivity contribution >= 4 is 5.91 Å². The molecule has 0 heterocycles. The van der Waals surface area contributed by atoms with Crippen molar-refractivity contribution in [2.45, 2.75) is 59.7 Å². The minimum absolute atomic E-state index is 0.0477. The molecule has 0 saturated heterocycles. The number of ether oxygens (including phenoxy) is 2. The van der Waals surface area contributed by atoms with Crippen molar-refractivity contribution in [2.75, 3.05) is 13.5 Å². The lowest BCUT2D eigenvalue weighted by molar-refractivity contribution is -0.158. The highest BCUT2D eigenvalue weighted by Gasteiger charge is 2.18. The highest BCUT2D eigenvalue weighted by Crippen LogP contribution is 2.10. The normalized spacial score (nSPS) is 12.7. The van der Waals surface area contributed by atoms with E-state index in [9.17, 15) is 4.79 Å². The number of hydrogen-bond acceptors (Lipinski definition) is 3. The van der Waals surface area contributed by atoms with E-state index in [0.29, 0.717) is 0 Å². The SMILES string of the molecule is CC(=O)N(COC(C)(C)C)COC(C)(C)C. The molecule has 0 bridgehead atoms. The Labute approximate surface area is 98.9 Å². The van der Waals surface area contributed by atoms with Crippen LogP contribution in [-0.2, 0) is 14.3 Å². The van der Waals surface area contributed by atoms with Gasteiger partial charge in [0, 0.05) is 6.92 Å². The quantitative estimate of drug-likeness (QED) is 0.697. The average Bonchev–Trinajstić information content (AvgIpc) is 1.98. The molecular weight excluding hydrogens is 206 g/mol. The lowest BCUT2D eigenvalue weighted by Gasteiger charge is -2.29. The first-order chi connectivity index (χ1) is 7.01. The largest absolute Gasteiger partial charge is 0.355 e. The molecule has 0 fully saturated rings. The van der Waals surface area contributed by atoms with Crippen LogP contribution in [-0.4, -0.2) is 35.5 Å². The third-order valence-corrected chi connectivity index (χ3v) is 1.75. The monoisotopic (exact) mass is 231 g/mol. The van der Waals surface area contributed by atoms with Gasteiger partial charge in [0.25, 0.3) is 0 Å². The molecule has 1 amide bonds. The van der Waals surface area contributed by atoms with Gasteiger partial charge in [-0.25, -0.2) is 0 Å². The molecule has 0 aromatic rings. The molecule has 0 aromatic carbocycles. The minimum Gasteiger partial charge on any atom is -0.355 e. The Morgan fingerprint density at radius 3 is 1.44 bits per heavy atom. The van der Waals surface area contributed by atoms with E-state index in [4.69, 9.17) is 9.47 Å². The molecule has 0 aliphatic rings. The minimum atomic E-state index is -0.255. The summed E-state index contributed by atoms with van der Waals surface area (Å²) >= 11 is 0. The Bertz CT molecular complexity index is 207. The summed E-state index contributed by atoms with van der Waals surface area (Å²) in [7, 11) is 0. The Kier molecular flexibility index (Phi) is 5.42. The Hall–Kier alpha value is -0.610. The fourth-order valence-corrected chi connectivity index (χ4v) is 0.762. The molecule has 0 aliphatic carbocycles. The van der Waals surface area contributed by atoms with Crippen LogP contribution in [0.4, 0.5) is 0 Å². The number of carbonyl (C=O) groups is 1. The molecule has 0 atom stereocenters. The predicted molar refractivity (Wildman–Crippen MR) is 63.9 cm³/mol. The summed E-state index contributed by atoms with van der Waals surface area (Å²) < 4.78 is 11.1. The van der Waals surface area contributed by atoms with Crippen molar-refractivity contribution in [1.82, 2.24) is 4.90 Å². The van der Waals surface area contributed by atoms with E-state index in [1.807, 2.05) is 41.5 Å². The summed E-state index contributed by atoms with van der Waals surface area (Å²) in [6, 6.07) is 0. The van der Waals surface area contributed by atoms with Gasteiger partial charge in [-0.15, -0.1) is 0 Å². The zero-order valence-corrected chi connectivity index (χ0v) is 11.6. The zero-order valence-electron chi connectivity index (χ0n) is 11.6. The highest BCUT2D eigenvalue weighted by molar-refractivity contribution is 5.72. The molecule has 4 nitrogen and oxygen atoms in total. The van der Waals surface area contributed by atoms with E-state index in [1.54, 1.807) is 0 Å². The third-order valence-electron chi connectivity index (χ3n) is 1.75. The first-order valence-corrected chi connectivity index (χ1v) is 5.55. The number of hydrogen-bond donors (Lipinski definition) is 0. The number of rotatable bonds is 4. The smallest absolute Gasteiger partial charge is 0.223 e. The molecule has 0 unspecified atom stereocenters. The van der Waals surface area contributed by atoms with Crippen LogP contribution in [0.1, 0.15) is 48.5 Å². The van der Waals surface area contributed by atoms with Crippen molar-refractivity contribution in [3.05, 3.63) is 0 Å². The molecule has 0 radical (unpaired) electrons. The molecule has 0 aromatic heterocycles. The Morgan fingerprint density at radius 2 is 1.25 bits per heavy atom. The topological polar surface area (TPSA) is 38.8 Å². The van der Waals surface area contributed by atoms with Gasteiger partial charge in [-0.05, 0) is 41.5 Å². The lowest BCUT2D eigenvalue weighted by Crippen LogP contribution is -2.39. The van der Waals surface area contributed by atoms with Crippen LogP contribution in [0.15, 0.2) is 0 Å². The summed E-state index contributed by atoms with van der Waals surface area (Å²) in [6.07, 6.45) is 0. The van der Waals surface area contributed by atoms with Crippen molar-refractivity contribution < 1.29 is 14.3 Å².